The normalized spacial score (nSPS) is 15.9. The molecule has 0 aliphatic carbocycles. The zero-order valence-electron chi connectivity index (χ0n) is 17.3. The van der Waals surface area contributed by atoms with Crippen molar-refractivity contribution in [1.82, 2.24) is 10.2 Å². The molecule has 0 saturated carbocycles. The average molecular weight is 400 g/mol. The maximum absolute atomic E-state index is 9.84. The molecule has 6 nitrogen and oxygen atoms in total. The predicted octanol–water partition coefficient (Wildman–Crippen LogP) is 4.50. The highest BCUT2D eigenvalue weighted by Crippen LogP contribution is 2.45. The Bertz CT molecular complexity index is 1130. The molecule has 3 aromatic rings. The van der Waals surface area contributed by atoms with Gasteiger partial charge in [-0.2, -0.15) is 5.26 Å². The van der Waals surface area contributed by atoms with E-state index in [1.165, 1.54) is 0 Å². The van der Waals surface area contributed by atoms with Gasteiger partial charge in [-0.25, -0.2) is 0 Å². The second kappa shape index (κ2) is 7.60. The molecule has 0 spiro atoms. The van der Waals surface area contributed by atoms with E-state index >= 15 is 0 Å². The van der Waals surface area contributed by atoms with Crippen LogP contribution in [0.15, 0.2) is 66.1 Å². The first-order valence-corrected chi connectivity index (χ1v) is 9.81. The number of ether oxygens (including phenoxy) is 2. The number of hydrogen-bond donors (Lipinski definition) is 2. The van der Waals surface area contributed by atoms with Gasteiger partial charge in [0.15, 0.2) is 0 Å². The van der Waals surface area contributed by atoms with Gasteiger partial charge in [0, 0.05) is 11.1 Å². The molecular weight excluding hydrogens is 376 g/mol. The van der Waals surface area contributed by atoms with Gasteiger partial charge in [-0.05, 0) is 23.3 Å². The van der Waals surface area contributed by atoms with E-state index in [9.17, 15) is 5.26 Å². The number of benzene rings is 2. The zero-order chi connectivity index (χ0) is 21.3. The van der Waals surface area contributed by atoms with Gasteiger partial charge in [-0.15, -0.1) is 5.10 Å². The summed E-state index contributed by atoms with van der Waals surface area (Å²) < 4.78 is 11.7. The number of aromatic amines is 1. The minimum atomic E-state index is -0.382. The van der Waals surface area contributed by atoms with Crippen molar-refractivity contribution in [3.63, 3.8) is 0 Å². The van der Waals surface area contributed by atoms with Crippen LogP contribution in [0.25, 0.3) is 0 Å². The van der Waals surface area contributed by atoms with Gasteiger partial charge in [0.25, 0.3) is 0 Å². The lowest BCUT2D eigenvalue weighted by atomic mass is 9.79. The predicted molar refractivity (Wildman–Crippen MR) is 114 cm³/mol. The van der Waals surface area contributed by atoms with Gasteiger partial charge in [-0.3, -0.25) is 5.10 Å². The number of fused-ring (bicyclic) bond motifs is 1. The summed E-state index contributed by atoms with van der Waals surface area (Å²) in [7, 11) is 0. The summed E-state index contributed by atoms with van der Waals surface area (Å²) in [6.07, 6.45) is 0. The van der Waals surface area contributed by atoms with Crippen molar-refractivity contribution < 1.29 is 9.47 Å². The van der Waals surface area contributed by atoms with Crippen molar-refractivity contribution >= 4 is 0 Å². The maximum Gasteiger partial charge on any atom is 0.244 e. The van der Waals surface area contributed by atoms with E-state index in [0.717, 1.165) is 28.1 Å². The standard InChI is InChI=1S/C24H24N4O2/c1-24(2,3)21-20-19(18(13-25)22(26)30-23(20)28-27-21)16-10-7-11-17(12-16)29-14-15-8-5-4-6-9-15/h4-12,19H,14,26H2,1-3H3,(H,27,28)/t19-/m0/s1. The summed E-state index contributed by atoms with van der Waals surface area (Å²) in [6, 6.07) is 20.0. The molecule has 2 aromatic carbocycles. The fourth-order valence-electron chi connectivity index (χ4n) is 3.67. The largest absolute Gasteiger partial charge is 0.489 e. The van der Waals surface area contributed by atoms with E-state index in [-0.39, 0.29) is 17.2 Å². The number of nitrogens with zero attached hydrogens (tertiary/aromatic N) is 2. The Hall–Kier alpha value is -3.72. The molecule has 1 atom stereocenters. The van der Waals surface area contributed by atoms with E-state index in [4.69, 9.17) is 15.2 Å². The van der Waals surface area contributed by atoms with Gasteiger partial charge < -0.3 is 15.2 Å². The lowest BCUT2D eigenvalue weighted by Gasteiger charge is -2.27. The minimum absolute atomic E-state index is 0.0811. The fourth-order valence-corrected chi connectivity index (χ4v) is 3.67. The molecular formula is C24H24N4O2. The Morgan fingerprint density at radius 1 is 1.17 bits per heavy atom. The third kappa shape index (κ3) is 3.62. The third-order valence-electron chi connectivity index (χ3n) is 5.13. The molecule has 0 fully saturated rings. The Labute approximate surface area is 175 Å². The quantitative estimate of drug-likeness (QED) is 0.672. The number of hydrogen-bond acceptors (Lipinski definition) is 5. The number of aromatic nitrogens is 2. The van der Waals surface area contributed by atoms with E-state index in [1.807, 2.05) is 54.6 Å². The lowest BCUT2D eigenvalue weighted by Crippen LogP contribution is -2.23. The Balaban J connectivity index is 1.74. The summed E-state index contributed by atoms with van der Waals surface area (Å²) in [5, 5.41) is 17.2. The van der Waals surface area contributed by atoms with E-state index in [2.05, 4.69) is 37.0 Å². The highest BCUT2D eigenvalue weighted by Gasteiger charge is 2.38. The molecule has 0 bridgehead atoms. The van der Waals surface area contributed by atoms with Gasteiger partial charge >= 0.3 is 0 Å². The van der Waals surface area contributed by atoms with Crippen molar-refractivity contribution in [3.8, 4) is 17.7 Å². The van der Waals surface area contributed by atoms with Gasteiger partial charge in [-0.1, -0.05) is 63.2 Å². The summed E-state index contributed by atoms with van der Waals surface area (Å²) in [5.74, 6) is 0.836. The molecule has 0 unspecified atom stereocenters. The Morgan fingerprint density at radius 2 is 1.93 bits per heavy atom. The summed E-state index contributed by atoms with van der Waals surface area (Å²) in [6.45, 7) is 6.73. The van der Waals surface area contributed by atoms with Crippen LogP contribution in [-0.2, 0) is 12.0 Å². The minimum Gasteiger partial charge on any atom is -0.489 e. The van der Waals surface area contributed by atoms with Crippen LogP contribution in [0.1, 0.15) is 49.1 Å². The molecule has 152 valence electrons. The smallest absolute Gasteiger partial charge is 0.244 e. The van der Waals surface area contributed by atoms with Crippen LogP contribution in [0.4, 0.5) is 0 Å². The third-order valence-corrected chi connectivity index (χ3v) is 5.13. The highest BCUT2D eigenvalue weighted by molar-refractivity contribution is 5.56. The van der Waals surface area contributed by atoms with Crippen LogP contribution in [0, 0.1) is 11.3 Å². The number of rotatable bonds is 4. The molecule has 4 rings (SSSR count). The topological polar surface area (TPSA) is 97.0 Å². The second-order valence-electron chi connectivity index (χ2n) is 8.34. The van der Waals surface area contributed by atoms with Crippen LogP contribution in [0.3, 0.4) is 0 Å². The average Bonchev–Trinajstić information content (AvgIpc) is 3.16. The van der Waals surface area contributed by atoms with E-state index < -0.39 is 0 Å². The van der Waals surface area contributed by atoms with Gasteiger partial charge in [0.2, 0.25) is 11.8 Å². The summed E-state index contributed by atoms with van der Waals surface area (Å²) in [5.41, 5.74) is 9.97. The first-order chi connectivity index (χ1) is 14.4. The van der Waals surface area contributed by atoms with Crippen molar-refractivity contribution in [2.75, 3.05) is 0 Å². The lowest BCUT2D eigenvalue weighted by molar-refractivity contribution is 0.306. The van der Waals surface area contributed by atoms with Crippen molar-refractivity contribution in [2.24, 2.45) is 5.73 Å². The van der Waals surface area contributed by atoms with Crippen LogP contribution in [-0.4, -0.2) is 10.2 Å². The van der Waals surface area contributed by atoms with Crippen molar-refractivity contribution in [3.05, 3.63) is 88.4 Å². The number of allylic oxidation sites excluding steroid dienone is 1. The SMILES string of the molecule is CC(C)(C)c1[nH]nc2c1[C@@H](c1cccc(OCc3ccccc3)c1)C(C#N)=C(N)O2. The molecule has 3 N–H and O–H groups in total. The fraction of sp³-hybridized carbons (Fsp3) is 0.250. The number of H-pyrrole nitrogens is 1. The number of nitriles is 1. The molecule has 30 heavy (non-hydrogen) atoms. The Kier molecular flexibility index (Phi) is 4.96. The number of nitrogens with two attached hydrogens (primary N) is 1. The Morgan fingerprint density at radius 3 is 2.63 bits per heavy atom. The number of nitrogens with one attached hydrogen (secondary N) is 1. The van der Waals surface area contributed by atoms with Crippen LogP contribution >= 0.6 is 0 Å². The van der Waals surface area contributed by atoms with E-state index in [0.29, 0.717) is 18.1 Å². The second-order valence-corrected chi connectivity index (χ2v) is 8.34. The molecule has 1 aliphatic rings. The molecule has 0 saturated heterocycles. The molecule has 1 aliphatic heterocycles. The molecule has 6 heteroatoms. The van der Waals surface area contributed by atoms with Crippen molar-refractivity contribution in [2.45, 2.75) is 38.7 Å². The van der Waals surface area contributed by atoms with Crippen LogP contribution in [0.2, 0.25) is 0 Å². The monoisotopic (exact) mass is 400 g/mol. The highest BCUT2D eigenvalue weighted by atomic mass is 16.5. The summed E-state index contributed by atoms with van der Waals surface area (Å²) in [4.78, 5) is 0. The summed E-state index contributed by atoms with van der Waals surface area (Å²) >= 11 is 0. The maximum atomic E-state index is 9.84. The van der Waals surface area contributed by atoms with Gasteiger partial charge in [0.1, 0.15) is 24.0 Å². The molecule has 1 aromatic heterocycles. The molecule has 2 heterocycles. The van der Waals surface area contributed by atoms with Crippen molar-refractivity contribution in [1.29, 1.82) is 5.26 Å². The van der Waals surface area contributed by atoms with Crippen LogP contribution < -0.4 is 15.2 Å². The van der Waals surface area contributed by atoms with Gasteiger partial charge in [0.05, 0.1) is 11.5 Å². The van der Waals surface area contributed by atoms with E-state index in [1.54, 1.807) is 0 Å². The first kappa shape index (κ1) is 19.6. The van der Waals surface area contributed by atoms with Crippen LogP contribution in [0.5, 0.6) is 11.6 Å². The zero-order valence-corrected chi connectivity index (χ0v) is 17.3. The molecule has 0 amide bonds. The first-order valence-electron chi connectivity index (χ1n) is 9.81. The molecule has 0 radical (unpaired) electrons.